The van der Waals surface area contributed by atoms with Crippen molar-refractivity contribution in [1.29, 1.82) is 0 Å². The van der Waals surface area contributed by atoms with Crippen LogP contribution in [0.25, 0.3) is 0 Å². The van der Waals surface area contributed by atoms with Crippen LogP contribution in [0.15, 0.2) is 35.7 Å². The average molecular weight is 343 g/mol. The lowest BCUT2D eigenvalue weighted by molar-refractivity contribution is -0.123. The van der Waals surface area contributed by atoms with Gasteiger partial charge in [-0.25, -0.2) is 4.79 Å². The van der Waals surface area contributed by atoms with Gasteiger partial charge in [-0.15, -0.1) is 11.3 Å². The van der Waals surface area contributed by atoms with Gasteiger partial charge in [-0.2, -0.15) is 0 Å². The summed E-state index contributed by atoms with van der Waals surface area (Å²) in [6, 6.07) is 8.85. The van der Waals surface area contributed by atoms with Gasteiger partial charge in [0.05, 0.1) is 10.4 Å². The number of benzene rings is 1. The highest BCUT2D eigenvalue weighted by atomic mass is 32.1. The normalized spacial score (nSPS) is 13.0. The first-order valence-electron chi connectivity index (χ1n) is 7.80. The van der Waals surface area contributed by atoms with Gasteiger partial charge in [-0.3, -0.25) is 14.9 Å². The molecule has 1 N–H and O–H groups in total. The van der Waals surface area contributed by atoms with E-state index in [2.05, 4.69) is 5.32 Å². The van der Waals surface area contributed by atoms with Crippen molar-refractivity contribution in [3.8, 4) is 0 Å². The lowest BCUT2D eigenvalue weighted by Crippen LogP contribution is -2.33. The number of amides is 2. The third-order valence-electron chi connectivity index (χ3n) is 3.92. The predicted molar refractivity (Wildman–Crippen MR) is 90.2 cm³/mol. The van der Waals surface area contributed by atoms with Gasteiger partial charge in [-0.1, -0.05) is 12.1 Å². The SMILES string of the molecule is O=C(COC(=O)c1ccc2c(c1)CCCC2)NC(=O)c1cccs1. The summed E-state index contributed by atoms with van der Waals surface area (Å²) < 4.78 is 5.00. The molecule has 0 radical (unpaired) electrons. The molecule has 0 saturated heterocycles. The molecular formula is C18H17NO4S. The summed E-state index contributed by atoms with van der Waals surface area (Å²) in [4.78, 5) is 35.9. The molecule has 3 rings (SSSR count). The summed E-state index contributed by atoms with van der Waals surface area (Å²) in [7, 11) is 0. The van der Waals surface area contributed by atoms with E-state index in [4.69, 9.17) is 4.74 Å². The Labute approximate surface area is 143 Å². The Kier molecular flexibility index (Phi) is 5.05. The molecule has 1 aromatic heterocycles. The molecule has 0 fully saturated rings. The first-order chi connectivity index (χ1) is 11.6. The quantitative estimate of drug-likeness (QED) is 0.867. The summed E-state index contributed by atoms with van der Waals surface area (Å²) >= 11 is 1.24. The topological polar surface area (TPSA) is 72.5 Å². The fraction of sp³-hybridized carbons (Fsp3) is 0.278. The van der Waals surface area contributed by atoms with E-state index in [1.165, 1.54) is 28.9 Å². The largest absolute Gasteiger partial charge is 0.452 e. The minimum atomic E-state index is -0.639. The fourth-order valence-electron chi connectivity index (χ4n) is 2.71. The number of fused-ring (bicyclic) bond motifs is 1. The van der Waals surface area contributed by atoms with E-state index < -0.39 is 24.4 Å². The second kappa shape index (κ2) is 7.40. The van der Waals surface area contributed by atoms with Gasteiger partial charge >= 0.3 is 5.97 Å². The lowest BCUT2D eigenvalue weighted by Gasteiger charge is -2.16. The molecule has 6 heteroatoms. The molecule has 24 heavy (non-hydrogen) atoms. The summed E-state index contributed by atoms with van der Waals surface area (Å²) in [5.41, 5.74) is 2.89. The van der Waals surface area contributed by atoms with Crippen molar-refractivity contribution in [2.75, 3.05) is 6.61 Å². The molecule has 1 heterocycles. The van der Waals surface area contributed by atoms with Crippen molar-refractivity contribution >= 4 is 29.1 Å². The number of nitrogens with one attached hydrogen (secondary N) is 1. The van der Waals surface area contributed by atoms with Crippen molar-refractivity contribution in [3.05, 3.63) is 57.3 Å². The molecule has 2 amide bonds. The van der Waals surface area contributed by atoms with Gasteiger partial charge in [0.2, 0.25) is 0 Å². The Morgan fingerprint density at radius 1 is 1.08 bits per heavy atom. The third kappa shape index (κ3) is 3.89. The first kappa shape index (κ1) is 16.4. The van der Waals surface area contributed by atoms with Crippen LogP contribution in [-0.4, -0.2) is 24.4 Å². The molecule has 124 valence electrons. The molecule has 1 aliphatic carbocycles. The van der Waals surface area contributed by atoms with E-state index in [-0.39, 0.29) is 0 Å². The molecule has 0 spiro atoms. The highest BCUT2D eigenvalue weighted by Gasteiger charge is 2.16. The van der Waals surface area contributed by atoms with Crippen LogP contribution in [0.2, 0.25) is 0 Å². The first-order valence-corrected chi connectivity index (χ1v) is 8.68. The number of carbonyl (C=O) groups excluding carboxylic acids is 3. The highest BCUT2D eigenvalue weighted by Crippen LogP contribution is 2.22. The smallest absolute Gasteiger partial charge is 0.338 e. The summed E-state index contributed by atoms with van der Waals surface area (Å²) in [6.07, 6.45) is 4.30. The maximum Gasteiger partial charge on any atom is 0.338 e. The molecule has 0 saturated carbocycles. The number of esters is 1. The van der Waals surface area contributed by atoms with Crippen molar-refractivity contribution in [2.45, 2.75) is 25.7 Å². The van der Waals surface area contributed by atoms with Crippen molar-refractivity contribution < 1.29 is 19.1 Å². The van der Waals surface area contributed by atoms with E-state index in [0.717, 1.165) is 19.3 Å². The standard InChI is InChI=1S/C18H17NO4S/c20-16(19-17(21)15-6-3-9-24-15)11-23-18(22)14-8-7-12-4-1-2-5-13(12)10-14/h3,6-10H,1-2,4-5,11H2,(H,19,20,21). The van der Waals surface area contributed by atoms with E-state index in [9.17, 15) is 14.4 Å². The van der Waals surface area contributed by atoms with Crippen molar-refractivity contribution in [2.24, 2.45) is 0 Å². The van der Waals surface area contributed by atoms with Crippen molar-refractivity contribution in [3.63, 3.8) is 0 Å². The van der Waals surface area contributed by atoms with Crippen LogP contribution in [0.5, 0.6) is 0 Å². The van der Waals surface area contributed by atoms with Crippen LogP contribution in [-0.2, 0) is 22.4 Å². The Morgan fingerprint density at radius 3 is 2.62 bits per heavy atom. The Balaban J connectivity index is 1.53. The van der Waals surface area contributed by atoms with Crippen LogP contribution in [0.1, 0.15) is 44.0 Å². The monoisotopic (exact) mass is 343 g/mol. The number of aryl methyl sites for hydroxylation is 2. The maximum absolute atomic E-state index is 12.1. The Bertz CT molecular complexity index is 767. The molecule has 0 atom stereocenters. The zero-order valence-corrected chi connectivity index (χ0v) is 13.9. The van der Waals surface area contributed by atoms with Gasteiger partial charge in [0.25, 0.3) is 11.8 Å². The van der Waals surface area contributed by atoms with Crippen LogP contribution >= 0.6 is 11.3 Å². The van der Waals surface area contributed by atoms with Crippen molar-refractivity contribution in [1.82, 2.24) is 5.32 Å². The molecule has 0 unspecified atom stereocenters. The highest BCUT2D eigenvalue weighted by molar-refractivity contribution is 7.12. The molecule has 2 aromatic rings. The van der Waals surface area contributed by atoms with Crippen LogP contribution in [0.3, 0.4) is 0 Å². The van der Waals surface area contributed by atoms with Gasteiger partial charge in [0.1, 0.15) is 0 Å². The van der Waals surface area contributed by atoms with Gasteiger partial charge < -0.3 is 4.74 Å². The molecule has 1 aromatic carbocycles. The molecule has 0 bridgehead atoms. The number of carbonyl (C=O) groups is 3. The van der Waals surface area contributed by atoms with Gasteiger partial charge in [-0.05, 0) is 60.4 Å². The van der Waals surface area contributed by atoms with Crippen LogP contribution in [0, 0.1) is 0 Å². The molecule has 1 aliphatic rings. The predicted octanol–water partition coefficient (Wildman–Crippen LogP) is 2.74. The van der Waals surface area contributed by atoms with E-state index in [0.29, 0.717) is 10.4 Å². The molecule has 0 aliphatic heterocycles. The van der Waals surface area contributed by atoms with E-state index in [1.54, 1.807) is 23.6 Å². The number of ether oxygens (including phenoxy) is 1. The number of hydrogen-bond donors (Lipinski definition) is 1. The fourth-order valence-corrected chi connectivity index (χ4v) is 3.33. The van der Waals surface area contributed by atoms with E-state index >= 15 is 0 Å². The third-order valence-corrected chi connectivity index (χ3v) is 4.79. The minimum Gasteiger partial charge on any atom is -0.452 e. The Hall–Kier alpha value is -2.47. The second-order valence-corrected chi connectivity index (χ2v) is 6.57. The average Bonchev–Trinajstić information content (AvgIpc) is 3.14. The van der Waals surface area contributed by atoms with E-state index in [1.807, 2.05) is 12.1 Å². The lowest BCUT2D eigenvalue weighted by atomic mass is 9.90. The van der Waals surface area contributed by atoms with Gasteiger partial charge in [0, 0.05) is 0 Å². The van der Waals surface area contributed by atoms with Gasteiger partial charge in [0.15, 0.2) is 6.61 Å². The number of rotatable bonds is 4. The van der Waals surface area contributed by atoms with Crippen LogP contribution in [0.4, 0.5) is 0 Å². The second-order valence-electron chi connectivity index (χ2n) is 5.62. The number of thiophene rings is 1. The zero-order chi connectivity index (χ0) is 16.9. The maximum atomic E-state index is 12.1. The number of hydrogen-bond acceptors (Lipinski definition) is 5. The zero-order valence-electron chi connectivity index (χ0n) is 13.0. The Morgan fingerprint density at radius 2 is 1.88 bits per heavy atom. The molecular weight excluding hydrogens is 326 g/mol. The summed E-state index contributed by atoms with van der Waals surface area (Å²) in [5, 5.41) is 3.94. The summed E-state index contributed by atoms with van der Waals surface area (Å²) in [5.74, 6) is -1.68. The number of imide groups is 1. The summed E-state index contributed by atoms with van der Waals surface area (Å²) in [6.45, 7) is -0.479. The molecule has 5 nitrogen and oxygen atoms in total. The van der Waals surface area contributed by atoms with Crippen LogP contribution < -0.4 is 5.32 Å². The minimum absolute atomic E-state index is 0.435.